The zero-order valence-corrected chi connectivity index (χ0v) is 13.6. The van der Waals surface area contributed by atoms with E-state index in [0.717, 1.165) is 34.5 Å². The number of rotatable bonds is 4. The van der Waals surface area contributed by atoms with Crippen LogP contribution in [0.25, 0.3) is 10.9 Å². The third kappa shape index (κ3) is 3.93. The molecule has 5 nitrogen and oxygen atoms in total. The minimum Gasteiger partial charge on any atom is -0.378 e. The predicted octanol–water partition coefficient (Wildman–Crippen LogP) is 1.89. The Kier molecular flexibility index (Phi) is 6.08. The topological polar surface area (TPSA) is 66.2 Å². The summed E-state index contributed by atoms with van der Waals surface area (Å²) in [6.45, 7) is 2.42. The second kappa shape index (κ2) is 7.83. The summed E-state index contributed by atoms with van der Waals surface area (Å²) in [6.07, 6.45) is 2.73. The summed E-state index contributed by atoms with van der Waals surface area (Å²) < 4.78 is 5.28. The standard InChI is InChI=1S/C15H18ClN3O2.ClH/c16-11-1-2-13-12(7-11)10(8-19-13)3-4-18-15(20)14-9-21-6-5-17-14;/h1-2,7-8,14,17,19H,3-6,9H2,(H,18,20);1H. The zero-order chi connectivity index (χ0) is 14.7. The van der Waals surface area contributed by atoms with Gasteiger partial charge in [0.1, 0.15) is 6.04 Å². The van der Waals surface area contributed by atoms with Crippen LogP contribution in [0.5, 0.6) is 0 Å². The Hall–Kier alpha value is -1.27. The van der Waals surface area contributed by atoms with Crippen LogP contribution in [0.4, 0.5) is 0 Å². The highest BCUT2D eigenvalue weighted by Crippen LogP contribution is 2.22. The molecule has 0 aliphatic carbocycles. The van der Waals surface area contributed by atoms with Crippen molar-refractivity contribution < 1.29 is 9.53 Å². The minimum atomic E-state index is -0.240. The number of nitrogens with one attached hydrogen (secondary N) is 3. The zero-order valence-electron chi connectivity index (χ0n) is 12.0. The second-order valence-corrected chi connectivity index (χ2v) is 5.56. The number of fused-ring (bicyclic) bond motifs is 1. The van der Waals surface area contributed by atoms with Crippen LogP contribution in [-0.2, 0) is 16.0 Å². The molecule has 1 fully saturated rings. The number of ether oxygens (including phenoxy) is 1. The summed E-state index contributed by atoms with van der Waals surface area (Å²) in [5, 5.41) is 7.91. The molecular weight excluding hydrogens is 325 g/mol. The van der Waals surface area contributed by atoms with E-state index in [0.29, 0.717) is 19.8 Å². The number of halogens is 2. The first-order valence-corrected chi connectivity index (χ1v) is 7.46. The summed E-state index contributed by atoms with van der Waals surface area (Å²) >= 11 is 6.03. The fraction of sp³-hybridized carbons (Fsp3) is 0.400. The van der Waals surface area contributed by atoms with Crippen LogP contribution in [0.15, 0.2) is 24.4 Å². The van der Waals surface area contributed by atoms with E-state index in [1.165, 1.54) is 0 Å². The molecule has 0 spiro atoms. The molecule has 1 saturated heterocycles. The van der Waals surface area contributed by atoms with Crippen LogP contribution in [0.3, 0.4) is 0 Å². The van der Waals surface area contributed by atoms with Gasteiger partial charge < -0.3 is 20.4 Å². The number of carbonyl (C=O) groups excluding carboxylic acids is 1. The highest BCUT2D eigenvalue weighted by molar-refractivity contribution is 6.31. The maximum Gasteiger partial charge on any atom is 0.239 e. The van der Waals surface area contributed by atoms with Gasteiger partial charge in [0.05, 0.1) is 13.2 Å². The van der Waals surface area contributed by atoms with Gasteiger partial charge in [-0.05, 0) is 30.2 Å². The normalized spacial score (nSPS) is 18.0. The molecule has 1 aromatic carbocycles. The average molecular weight is 344 g/mol. The van der Waals surface area contributed by atoms with Crippen molar-refractivity contribution in [2.45, 2.75) is 12.5 Å². The molecule has 0 radical (unpaired) electrons. The number of aromatic amines is 1. The summed E-state index contributed by atoms with van der Waals surface area (Å²) in [6, 6.07) is 5.53. The third-order valence-electron chi connectivity index (χ3n) is 3.66. The van der Waals surface area contributed by atoms with Crippen molar-refractivity contribution in [3.63, 3.8) is 0 Å². The van der Waals surface area contributed by atoms with Crippen molar-refractivity contribution in [3.05, 3.63) is 35.0 Å². The number of carbonyl (C=O) groups is 1. The molecule has 1 amide bonds. The fourth-order valence-corrected chi connectivity index (χ4v) is 2.71. The van der Waals surface area contributed by atoms with E-state index in [1.807, 2.05) is 24.4 Å². The maximum absolute atomic E-state index is 12.0. The lowest BCUT2D eigenvalue weighted by Gasteiger charge is -2.22. The van der Waals surface area contributed by atoms with Gasteiger partial charge in [-0.2, -0.15) is 0 Å². The number of hydrogen-bond donors (Lipinski definition) is 3. The molecule has 2 heterocycles. The molecule has 1 unspecified atom stereocenters. The van der Waals surface area contributed by atoms with Gasteiger partial charge >= 0.3 is 0 Å². The van der Waals surface area contributed by atoms with E-state index in [4.69, 9.17) is 16.3 Å². The summed E-state index contributed by atoms with van der Waals surface area (Å²) in [5.41, 5.74) is 2.21. The van der Waals surface area contributed by atoms with Crippen molar-refractivity contribution in [2.75, 3.05) is 26.3 Å². The lowest BCUT2D eigenvalue weighted by atomic mass is 10.1. The monoisotopic (exact) mass is 343 g/mol. The van der Waals surface area contributed by atoms with Crippen molar-refractivity contribution in [2.24, 2.45) is 0 Å². The highest BCUT2D eigenvalue weighted by Gasteiger charge is 2.20. The Balaban J connectivity index is 0.00000176. The fourth-order valence-electron chi connectivity index (χ4n) is 2.53. The first-order valence-electron chi connectivity index (χ1n) is 7.08. The van der Waals surface area contributed by atoms with E-state index < -0.39 is 0 Å². The van der Waals surface area contributed by atoms with Crippen LogP contribution < -0.4 is 10.6 Å². The van der Waals surface area contributed by atoms with E-state index in [1.54, 1.807) is 0 Å². The van der Waals surface area contributed by atoms with Gasteiger partial charge in [-0.3, -0.25) is 4.79 Å². The number of benzene rings is 1. The highest BCUT2D eigenvalue weighted by atomic mass is 35.5. The van der Waals surface area contributed by atoms with E-state index >= 15 is 0 Å². The van der Waals surface area contributed by atoms with Gasteiger partial charge in [0.15, 0.2) is 0 Å². The molecule has 1 aromatic heterocycles. The molecule has 3 N–H and O–H groups in total. The van der Waals surface area contributed by atoms with Crippen LogP contribution in [0.2, 0.25) is 5.02 Å². The molecule has 1 atom stereocenters. The van der Waals surface area contributed by atoms with Crippen LogP contribution in [0.1, 0.15) is 5.56 Å². The Morgan fingerprint density at radius 2 is 2.32 bits per heavy atom. The molecule has 0 saturated carbocycles. The second-order valence-electron chi connectivity index (χ2n) is 5.13. The molecule has 0 bridgehead atoms. The average Bonchev–Trinajstić information content (AvgIpc) is 2.90. The quantitative estimate of drug-likeness (QED) is 0.794. The number of amides is 1. The summed E-state index contributed by atoms with van der Waals surface area (Å²) in [5.74, 6) is -0.00688. The molecule has 22 heavy (non-hydrogen) atoms. The third-order valence-corrected chi connectivity index (χ3v) is 3.90. The number of H-pyrrole nitrogens is 1. The Morgan fingerprint density at radius 1 is 1.45 bits per heavy atom. The largest absolute Gasteiger partial charge is 0.378 e. The van der Waals surface area contributed by atoms with Crippen LogP contribution in [-0.4, -0.2) is 43.2 Å². The van der Waals surface area contributed by atoms with Crippen LogP contribution in [0, 0.1) is 0 Å². The molecule has 1 aliphatic heterocycles. The van der Waals surface area contributed by atoms with Gasteiger partial charge in [0.2, 0.25) is 5.91 Å². The Bertz CT molecular complexity index is 639. The molecule has 1 aliphatic rings. The van der Waals surface area contributed by atoms with Crippen molar-refractivity contribution in [1.82, 2.24) is 15.6 Å². The SMILES string of the molecule is Cl.O=C(NCCc1c[nH]c2ccc(Cl)cc12)C1COCCN1. The predicted molar refractivity (Wildman–Crippen MR) is 89.9 cm³/mol. The molecule has 120 valence electrons. The van der Waals surface area contributed by atoms with Crippen molar-refractivity contribution in [1.29, 1.82) is 0 Å². The summed E-state index contributed by atoms with van der Waals surface area (Å²) in [4.78, 5) is 15.2. The lowest BCUT2D eigenvalue weighted by molar-refractivity contribution is -0.125. The van der Waals surface area contributed by atoms with E-state index in [9.17, 15) is 4.79 Å². The Labute approximate surface area is 140 Å². The van der Waals surface area contributed by atoms with Gasteiger partial charge in [-0.1, -0.05) is 11.6 Å². The smallest absolute Gasteiger partial charge is 0.239 e. The van der Waals surface area contributed by atoms with Gasteiger partial charge in [0.25, 0.3) is 0 Å². The first-order chi connectivity index (χ1) is 10.2. The van der Waals surface area contributed by atoms with E-state index in [-0.39, 0.29) is 24.4 Å². The molecule has 7 heteroatoms. The summed E-state index contributed by atoms with van der Waals surface area (Å²) in [7, 11) is 0. The van der Waals surface area contributed by atoms with Crippen molar-refractivity contribution >= 4 is 40.8 Å². The number of hydrogen-bond acceptors (Lipinski definition) is 3. The maximum atomic E-state index is 12.0. The first kappa shape index (κ1) is 17.1. The van der Waals surface area contributed by atoms with Gasteiger partial charge in [-0.15, -0.1) is 12.4 Å². The van der Waals surface area contributed by atoms with E-state index in [2.05, 4.69) is 15.6 Å². The minimum absolute atomic E-state index is 0. The molecular formula is C15H19Cl2N3O2. The van der Waals surface area contributed by atoms with Crippen LogP contribution >= 0.6 is 24.0 Å². The number of morpholine rings is 1. The van der Waals surface area contributed by atoms with Gasteiger partial charge in [0, 0.05) is 35.2 Å². The Morgan fingerprint density at radius 3 is 3.09 bits per heavy atom. The van der Waals surface area contributed by atoms with Gasteiger partial charge in [-0.25, -0.2) is 0 Å². The lowest BCUT2D eigenvalue weighted by Crippen LogP contribution is -2.51. The molecule has 2 aromatic rings. The molecule has 3 rings (SSSR count). The number of aromatic nitrogens is 1. The van der Waals surface area contributed by atoms with Crippen molar-refractivity contribution in [3.8, 4) is 0 Å².